The molecule has 0 spiro atoms. The fourth-order valence-electron chi connectivity index (χ4n) is 3.49. The lowest BCUT2D eigenvalue weighted by molar-refractivity contribution is 0.291. The minimum Gasteiger partial charge on any atom is -0.472 e. The van der Waals surface area contributed by atoms with Crippen molar-refractivity contribution >= 4 is 22.5 Å². The lowest BCUT2D eigenvalue weighted by Crippen LogP contribution is -2.14. The summed E-state index contributed by atoms with van der Waals surface area (Å²) in [6, 6.07) is 16.1. The van der Waals surface area contributed by atoms with Crippen LogP contribution in [0.2, 0.25) is 5.02 Å². The Hall–Kier alpha value is -2.89. The Bertz CT molecular complexity index is 1190. The molecule has 5 nitrogen and oxygen atoms in total. The zero-order chi connectivity index (χ0) is 21.1. The molecule has 2 heterocycles. The topological polar surface area (TPSA) is 52.0 Å². The van der Waals surface area contributed by atoms with E-state index in [2.05, 4.69) is 35.5 Å². The first-order valence-electron chi connectivity index (χ1n) is 9.96. The van der Waals surface area contributed by atoms with Gasteiger partial charge >= 0.3 is 0 Å². The van der Waals surface area contributed by atoms with Gasteiger partial charge < -0.3 is 10.1 Å². The number of nitrogens with zero attached hydrogens (tertiary/aromatic N) is 3. The van der Waals surface area contributed by atoms with E-state index < -0.39 is 0 Å². The van der Waals surface area contributed by atoms with Crippen LogP contribution in [0.5, 0.6) is 5.88 Å². The van der Waals surface area contributed by atoms with Crippen LogP contribution >= 0.6 is 11.6 Å². The van der Waals surface area contributed by atoms with Gasteiger partial charge in [-0.3, -0.25) is 4.68 Å². The number of hydrogen-bond acceptors (Lipinski definition) is 4. The summed E-state index contributed by atoms with van der Waals surface area (Å²) in [5.41, 5.74) is 6.30. The summed E-state index contributed by atoms with van der Waals surface area (Å²) < 4.78 is 7.96. The number of aryl methyl sites for hydroxylation is 3. The molecule has 0 aliphatic rings. The molecule has 30 heavy (non-hydrogen) atoms. The lowest BCUT2D eigenvalue weighted by Gasteiger charge is -2.14. The van der Waals surface area contributed by atoms with Crippen molar-refractivity contribution in [2.24, 2.45) is 7.05 Å². The van der Waals surface area contributed by atoms with Gasteiger partial charge in [-0.15, -0.1) is 0 Å². The Balaban J connectivity index is 1.57. The predicted octanol–water partition coefficient (Wildman–Crippen LogP) is 5.11. The average molecular weight is 421 g/mol. The molecule has 4 aromatic rings. The fraction of sp³-hybridized carbons (Fsp3) is 0.250. The lowest BCUT2D eigenvalue weighted by atomic mass is 10.1. The van der Waals surface area contributed by atoms with Crippen LogP contribution in [0.25, 0.3) is 10.9 Å². The van der Waals surface area contributed by atoms with Crippen molar-refractivity contribution in [2.45, 2.75) is 33.5 Å². The largest absolute Gasteiger partial charge is 0.472 e. The van der Waals surface area contributed by atoms with Gasteiger partial charge in [-0.1, -0.05) is 41.4 Å². The molecule has 6 heteroatoms. The van der Waals surface area contributed by atoms with Crippen molar-refractivity contribution in [3.05, 3.63) is 87.7 Å². The van der Waals surface area contributed by atoms with E-state index in [1.165, 1.54) is 11.1 Å². The number of pyridine rings is 1. The quantitative estimate of drug-likeness (QED) is 0.451. The maximum Gasteiger partial charge on any atom is 0.218 e. The third-order valence-corrected chi connectivity index (χ3v) is 5.45. The molecule has 0 aliphatic carbocycles. The number of benzene rings is 2. The molecule has 0 amide bonds. The number of aromatic nitrogens is 3. The van der Waals surface area contributed by atoms with Crippen molar-refractivity contribution in [1.82, 2.24) is 20.1 Å². The zero-order valence-corrected chi connectivity index (χ0v) is 18.2. The molecule has 0 fully saturated rings. The van der Waals surface area contributed by atoms with Crippen LogP contribution < -0.4 is 10.1 Å². The Labute approximate surface area is 181 Å². The van der Waals surface area contributed by atoms with Gasteiger partial charge in [-0.05, 0) is 38.1 Å². The van der Waals surface area contributed by atoms with Gasteiger partial charge in [0.1, 0.15) is 6.61 Å². The van der Waals surface area contributed by atoms with Crippen molar-refractivity contribution in [2.75, 3.05) is 0 Å². The molecule has 0 saturated heterocycles. The highest BCUT2D eigenvalue weighted by atomic mass is 35.5. The number of nitrogens with one attached hydrogen (secondary N) is 1. The van der Waals surface area contributed by atoms with E-state index in [-0.39, 0.29) is 0 Å². The molecule has 0 bridgehead atoms. The standard InChI is InChI=1S/C24H25ClN4O/c1-16-8-9-23-19(10-16)11-20(12-26-13-21-14-29(3)28-17(21)2)24(27-23)30-15-18-6-4-5-7-22(18)25/h4-11,14,26H,12-13,15H2,1-3H3. The maximum absolute atomic E-state index is 6.29. The number of halogens is 1. The van der Waals surface area contributed by atoms with E-state index in [0.29, 0.717) is 24.1 Å². The predicted molar refractivity (Wildman–Crippen MR) is 121 cm³/mol. The van der Waals surface area contributed by atoms with E-state index >= 15 is 0 Å². The second-order valence-corrected chi connectivity index (χ2v) is 7.95. The van der Waals surface area contributed by atoms with Gasteiger partial charge in [0, 0.05) is 53.4 Å². The molecule has 154 valence electrons. The van der Waals surface area contributed by atoms with Crippen molar-refractivity contribution < 1.29 is 4.74 Å². The molecule has 0 saturated carbocycles. The SMILES string of the molecule is Cc1ccc2nc(OCc3ccccc3Cl)c(CNCc3cn(C)nc3C)cc2c1. The van der Waals surface area contributed by atoms with E-state index in [1.54, 1.807) is 0 Å². The normalized spacial score (nSPS) is 11.2. The highest BCUT2D eigenvalue weighted by Gasteiger charge is 2.11. The summed E-state index contributed by atoms with van der Waals surface area (Å²) in [4.78, 5) is 4.79. The molecule has 0 unspecified atom stereocenters. The molecule has 1 N–H and O–H groups in total. The molecule has 2 aromatic carbocycles. The minimum absolute atomic E-state index is 0.374. The molecule has 0 atom stereocenters. The summed E-state index contributed by atoms with van der Waals surface area (Å²) in [6.07, 6.45) is 2.04. The Kier molecular flexibility index (Phi) is 6.02. The summed E-state index contributed by atoms with van der Waals surface area (Å²) in [6.45, 7) is 5.86. The van der Waals surface area contributed by atoms with Crippen molar-refractivity contribution in [1.29, 1.82) is 0 Å². The van der Waals surface area contributed by atoms with Gasteiger partial charge in [0.2, 0.25) is 5.88 Å². The van der Waals surface area contributed by atoms with E-state index in [0.717, 1.165) is 34.3 Å². The smallest absolute Gasteiger partial charge is 0.218 e. The van der Waals surface area contributed by atoms with E-state index in [4.69, 9.17) is 21.3 Å². The van der Waals surface area contributed by atoms with Gasteiger partial charge in [-0.25, -0.2) is 4.98 Å². The summed E-state index contributed by atoms with van der Waals surface area (Å²) in [7, 11) is 1.94. The van der Waals surface area contributed by atoms with Crippen molar-refractivity contribution in [3.8, 4) is 5.88 Å². The van der Waals surface area contributed by atoms with Gasteiger partial charge in [-0.2, -0.15) is 5.10 Å². The highest BCUT2D eigenvalue weighted by Crippen LogP contribution is 2.25. The first kappa shape index (κ1) is 20.4. The number of hydrogen-bond donors (Lipinski definition) is 1. The molecule has 2 aromatic heterocycles. The molecular formula is C24H25ClN4O. The van der Waals surface area contributed by atoms with Crippen LogP contribution in [0.4, 0.5) is 0 Å². The second-order valence-electron chi connectivity index (χ2n) is 7.55. The van der Waals surface area contributed by atoms with Crippen molar-refractivity contribution in [3.63, 3.8) is 0 Å². The van der Waals surface area contributed by atoms with Gasteiger partial charge in [0.25, 0.3) is 0 Å². The summed E-state index contributed by atoms with van der Waals surface area (Å²) in [5, 5.41) is 9.71. The third kappa shape index (κ3) is 4.64. The Morgan fingerprint density at radius 2 is 1.80 bits per heavy atom. The molecule has 0 aliphatic heterocycles. The monoisotopic (exact) mass is 420 g/mol. The maximum atomic E-state index is 6.29. The van der Waals surface area contributed by atoms with Crippen LogP contribution in [0, 0.1) is 13.8 Å². The van der Waals surface area contributed by atoms with Crippen LogP contribution in [-0.4, -0.2) is 14.8 Å². The van der Waals surface area contributed by atoms with E-state index in [9.17, 15) is 0 Å². The molecule has 4 rings (SSSR count). The average Bonchev–Trinajstić information content (AvgIpc) is 3.04. The third-order valence-electron chi connectivity index (χ3n) is 5.08. The van der Waals surface area contributed by atoms with Crippen LogP contribution in [0.3, 0.4) is 0 Å². The van der Waals surface area contributed by atoms with Crippen LogP contribution in [-0.2, 0) is 26.7 Å². The van der Waals surface area contributed by atoms with Crippen LogP contribution in [0.1, 0.15) is 27.9 Å². The second kappa shape index (κ2) is 8.86. The highest BCUT2D eigenvalue weighted by molar-refractivity contribution is 6.31. The fourth-order valence-corrected chi connectivity index (χ4v) is 3.68. The first-order valence-corrected chi connectivity index (χ1v) is 10.3. The number of ether oxygens (including phenoxy) is 1. The van der Waals surface area contributed by atoms with Gasteiger partial charge in [0.15, 0.2) is 0 Å². The van der Waals surface area contributed by atoms with E-state index in [1.807, 2.05) is 55.2 Å². The minimum atomic E-state index is 0.374. The van der Waals surface area contributed by atoms with Crippen LogP contribution in [0.15, 0.2) is 54.7 Å². The molecular weight excluding hydrogens is 396 g/mol. The number of rotatable bonds is 7. The number of fused-ring (bicyclic) bond motifs is 1. The molecule has 0 radical (unpaired) electrons. The summed E-state index contributed by atoms with van der Waals surface area (Å²) >= 11 is 6.29. The first-order chi connectivity index (χ1) is 14.5. The zero-order valence-electron chi connectivity index (χ0n) is 17.4. The summed E-state index contributed by atoms with van der Waals surface area (Å²) in [5.74, 6) is 0.627. The van der Waals surface area contributed by atoms with Gasteiger partial charge in [0.05, 0.1) is 11.2 Å². The Morgan fingerprint density at radius 1 is 1.00 bits per heavy atom. The Morgan fingerprint density at radius 3 is 2.57 bits per heavy atom.